The number of thioether (sulfide) groups is 1. The Morgan fingerprint density at radius 1 is 1.09 bits per heavy atom. The van der Waals surface area contributed by atoms with Crippen molar-refractivity contribution >= 4 is 34.2 Å². The number of hydrogen-bond donors (Lipinski definition) is 1. The van der Waals surface area contributed by atoms with Crippen molar-refractivity contribution in [2.45, 2.75) is 39.5 Å². The van der Waals surface area contributed by atoms with Crippen molar-refractivity contribution in [1.82, 2.24) is 20.1 Å². The summed E-state index contributed by atoms with van der Waals surface area (Å²) >= 11 is 1.49. The predicted octanol–water partition coefficient (Wildman–Crippen LogP) is 8.17. The molecule has 2 heterocycles. The maximum Gasteiger partial charge on any atom is 0.573 e. The van der Waals surface area contributed by atoms with Gasteiger partial charge in [0.05, 0.1) is 5.69 Å². The van der Waals surface area contributed by atoms with Gasteiger partial charge < -0.3 is 15.0 Å². The van der Waals surface area contributed by atoms with Gasteiger partial charge in [-0.15, -0.1) is 18.3 Å². The fourth-order valence-corrected chi connectivity index (χ4v) is 5.63. The molecule has 0 aliphatic carbocycles. The number of aromatic nitrogens is 3. The molecule has 4 aromatic rings. The molecule has 5 rings (SSSR count). The molecule has 0 saturated carbocycles. The molecular formula is C32H30F4N6O2S. The summed E-state index contributed by atoms with van der Waals surface area (Å²) in [5.74, 6) is 0.741. The molecule has 0 spiro atoms. The van der Waals surface area contributed by atoms with Crippen LogP contribution in [-0.2, 0) is 0 Å². The largest absolute Gasteiger partial charge is 0.573 e. The van der Waals surface area contributed by atoms with Crippen molar-refractivity contribution < 1.29 is 27.1 Å². The average Bonchev–Trinajstić information content (AvgIpc) is 3.50. The van der Waals surface area contributed by atoms with Crippen LogP contribution in [0.25, 0.3) is 22.6 Å². The lowest BCUT2D eigenvalue weighted by Gasteiger charge is -2.31. The first-order chi connectivity index (χ1) is 21.5. The standard InChI is InChI=1S/C32H30F4N6O2S/c1-20(2)27-17-24(33)9-14-28(27)41-15-4-16-45-31(41)39-30(43)37-18-21(3)22-5-7-23(8-6-22)29-38-19-42(40-29)25-10-12-26(13-11-25)44-32(34,35)36/h5-14,17-20H,4,15-16H2,1-3H3,(H,37,43)/b21-18+,39-31?. The second-order valence-corrected chi connectivity index (χ2v) is 11.6. The number of alkyl halides is 3. The zero-order chi connectivity index (χ0) is 32.1. The van der Waals surface area contributed by atoms with E-state index >= 15 is 0 Å². The highest BCUT2D eigenvalue weighted by Gasteiger charge is 2.31. The second kappa shape index (κ2) is 13.6. The summed E-state index contributed by atoms with van der Waals surface area (Å²) in [5.41, 5.74) is 4.61. The number of rotatable bonds is 7. The van der Waals surface area contributed by atoms with Crippen LogP contribution in [0.4, 0.5) is 28.0 Å². The van der Waals surface area contributed by atoms with Crippen molar-refractivity contribution in [3.8, 4) is 22.8 Å². The minimum Gasteiger partial charge on any atom is -0.406 e. The van der Waals surface area contributed by atoms with Gasteiger partial charge in [-0.1, -0.05) is 49.9 Å². The van der Waals surface area contributed by atoms with E-state index in [4.69, 9.17) is 0 Å². The summed E-state index contributed by atoms with van der Waals surface area (Å²) in [6.45, 7) is 6.55. The molecule has 1 aliphatic heterocycles. The van der Waals surface area contributed by atoms with Gasteiger partial charge in [0.2, 0.25) is 0 Å². The van der Waals surface area contributed by atoms with Crippen LogP contribution in [0.2, 0.25) is 0 Å². The summed E-state index contributed by atoms with van der Waals surface area (Å²) in [6, 6.07) is 16.9. The smallest absolute Gasteiger partial charge is 0.406 e. The van der Waals surface area contributed by atoms with Crippen LogP contribution < -0.4 is 15.0 Å². The average molecular weight is 639 g/mol. The topological polar surface area (TPSA) is 84.6 Å². The molecule has 1 N–H and O–H groups in total. The molecule has 1 aliphatic rings. The van der Waals surface area contributed by atoms with E-state index < -0.39 is 12.4 Å². The molecule has 3 aromatic carbocycles. The molecule has 8 nitrogen and oxygen atoms in total. The molecule has 0 atom stereocenters. The molecule has 0 unspecified atom stereocenters. The minimum absolute atomic E-state index is 0.101. The maximum atomic E-state index is 14.0. The van der Waals surface area contributed by atoms with Crippen LogP contribution in [0.1, 0.15) is 44.2 Å². The maximum absolute atomic E-state index is 14.0. The van der Waals surface area contributed by atoms with Crippen molar-refractivity contribution in [2.75, 3.05) is 17.2 Å². The molecule has 234 valence electrons. The van der Waals surface area contributed by atoms with Crippen LogP contribution in [0.3, 0.4) is 0 Å². The quantitative estimate of drug-likeness (QED) is 0.206. The number of amidine groups is 1. The third-order valence-electron chi connectivity index (χ3n) is 6.92. The van der Waals surface area contributed by atoms with E-state index in [1.165, 1.54) is 59.2 Å². The highest BCUT2D eigenvalue weighted by atomic mass is 32.2. The Labute approximate surface area is 261 Å². The second-order valence-electron chi connectivity index (χ2n) is 10.5. The predicted molar refractivity (Wildman–Crippen MR) is 168 cm³/mol. The summed E-state index contributed by atoms with van der Waals surface area (Å²) < 4.78 is 56.6. The normalized spacial score (nSPS) is 15.1. The lowest BCUT2D eigenvalue weighted by atomic mass is 10.00. The summed E-state index contributed by atoms with van der Waals surface area (Å²) in [6.07, 6.45) is -0.785. The van der Waals surface area contributed by atoms with Crippen molar-refractivity contribution in [2.24, 2.45) is 4.99 Å². The SMILES string of the molecule is C/C(=C\NC(=O)N=C1SCCCN1c1ccc(F)cc1C(C)C)c1ccc(-c2ncn(-c3ccc(OC(F)(F)F)cc3)n2)cc1. The van der Waals surface area contributed by atoms with Crippen LogP contribution in [-0.4, -0.2) is 44.6 Å². The summed E-state index contributed by atoms with van der Waals surface area (Å²) in [4.78, 5) is 23.4. The molecular weight excluding hydrogens is 608 g/mol. The van der Waals surface area contributed by atoms with Crippen LogP contribution >= 0.6 is 11.8 Å². The zero-order valence-electron chi connectivity index (χ0n) is 24.7. The van der Waals surface area contributed by atoms with Gasteiger partial charge in [-0.05, 0) is 78.4 Å². The molecule has 1 saturated heterocycles. The molecule has 1 aromatic heterocycles. The van der Waals surface area contributed by atoms with Crippen molar-refractivity contribution in [3.63, 3.8) is 0 Å². The number of nitrogens with zero attached hydrogens (tertiary/aromatic N) is 5. The molecule has 13 heteroatoms. The molecule has 0 bridgehead atoms. The number of nitrogens with one attached hydrogen (secondary N) is 1. The Hall–Kier alpha value is -4.65. The molecule has 1 fully saturated rings. The summed E-state index contributed by atoms with van der Waals surface area (Å²) in [7, 11) is 0. The van der Waals surface area contributed by atoms with Crippen molar-refractivity contribution in [3.05, 3.63) is 96.2 Å². The number of ether oxygens (including phenoxy) is 1. The minimum atomic E-state index is -4.76. The number of aliphatic imine (C=N–C) groups is 1. The summed E-state index contributed by atoms with van der Waals surface area (Å²) in [5, 5.41) is 7.74. The van der Waals surface area contributed by atoms with E-state index in [9.17, 15) is 22.4 Å². The van der Waals surface area contributed by atoms with Gasteiger partial charge in [-0.2, -0.15) is 4.99 Å². The monoisotopic (exact) mass is 638 g/mol. The van der Waals surface area contributed by atoms with Gasteiger partial charge in [0.25, 0.3) is 0 Å². The van der Waals surface area contributed by atoms with E-state index in [1.807, 2.05) is 49.9 Å². The first-order valence-corrected chi connectivity index (χ1v) is 15.1. The molecule has 0 radical (unpaired) electrons. The van der Waals surface area contributed by atoms with E-state index in [1.54, 1.807) is 12.3 Å². The van der Waals surface area contributed by atoms with E-state index in [0.717, 1.165) is 40.1 Å². The Balaban J connectivity index is 1.24. The third-order valence-corrected chi connectivity index (χ3v) is 7.99. The first-order valence-electron chi connectivity index (χ1n) is 14.1. The van der Waals surface area contributed by atoms with Gasteiger partial charge in [-0.25, -0.2) is 18.9 Å². The number of halogens is 4. The number of allylic oxidation sites excluding steroid dienone is 1. The fourth-order valence-electron chi connectivity index (χ4n) is 4.68. The number of hydrogen-bond acceptors (Lipinski definition) is 5. The van der Waals surface area contributed by atoms with E-state index in [0.29, 0.717) is 23.2 Å². The number of carbonyl (C=O) groups is 1. The highest BCUT2D eigenvalue weighted by molar-refractivity contribution is 8.14. The number of benzene rings is 3. The number of anilines is 1. The Kier molecular flexibility index (Phi) is 9.57. The third kappa shape index (κ3) is 8.09. The van der Waals surface area contributed by atoms with Crippen molar-refractivity contribution in [1.29, 1.82) is 0 Å². The van der Waals surface area contributed by atoms with Gasteiger partial charge >= 0.3 is 12.4 Å². The molecule has 2 amide bonds. The zero-order valence-corrected chi connectivity index (χ0v) is 25.5. The Morgan fingerprint density at radius 3 is 2.51 bits per heavy atom. The number of amides is 2. The molecule has 45 heavy (non-hydrogen) atoms. The lowest BCUT2D eigenvalue weighted by Crippen LogP contribution is -2.36. The Bertz CT molecular complexity index is 1720. The van der Waals surface area contributed by atoms with Crippen LogP contribution in [0, 0.1) is 5.82 Å². The van der Waals surface area contributed by atoms with Crippen LogP contribution in [0.15, 0.2) is 84.2 Å². The van der Waals surface area contributed by atoms with E-state index in [2.05, 4.69) is 25.1 Å². The number of urea groups is 1. The number of carbonyl (C=O) groups excluding carboxylic acids is 1. The highest BCUT2D eigenvalue weighted by Crippen LogP contribution is 2.33. The lowest BCUT2D eigenvalue weighted by molar-refractivity contribution is -0.274. The Morgan fingerprint density at radius 2 is 1.82 bits per heavy atom. The van der Waals surface area contributed by atoms with Gasteiger partial charge in [-0.3, -0.25) is 0 Å². The van der Waals surface area contributed by atoms with Gasteiger partial charge in [0.15, 0.2) is 11.0 Å². The first kappa shape index (κ1) is 31.8. The van der Waals surface area contributed by atoms with Crippen LogP contribution in [0.5, 0.6) is 5.75 Å². The van der Waals surface area contributed by atoms with Gasteiger partial charge in [0, 0.05) is 29.7 Å². The van der Waals surface area contributed by atoms with Gasteiger partial charge in [0.1, 0.15) is 17.9 Å². The van der Waals surface area contributed by atoms with E-state index in [-0.39, 0.29) is 17.5 Å². The fraction of sp³-hybridized carbons (Fsp3) is 0.250.